The van der Waals surface area contributed by atoms with Gasteiger partial charge in [-0.15, -0.1) is 0 Å². The van der Waals surface area contributed by atoms with Crippen LogP contribution in [0.3, 0.4) is 0 Å². The van der Waals surface area contributed by atoms with Crippen LogP contribution in [0.5, 0.6) is 0 Å². The first kappa shape index (κ1) is 14.4. The van der Waals surface area contributed by atoms with Crippen LogP contribution in [0.1, 0.15) is 36.8 Å². The molecule has 1 atom stereocenters. The van der Waals surface area contributed by atoms with Crippen molar-refractivity contribution in [1.29, 1.82) is 0 Å². The number of anilines is 1. The highest BCUT2D eigenvalue weighted by Gasteiger charge is 2.28. The molecule has 2 aliphatic heterocycles. The monoisotopic (exact) mass is 289 g/mol. The Kier molecular flexibility index (Phi) is 4.15. The van der Waals surface area contributed by atoms with Gasteiger partial charge < -0.3 is 14.7 Å². The van der Waals surface area contributed by atoms with Gasteiger partial charge in [-0.2, -0.15) is 0 Å². The minimum absolute atomic E-state index is 0.449. The Labute approximate surface area is 125 Å². The molecule has 1 aromatic carbocycles. The maximum Gasteiger partial charge on any atom is 0.310 e. The molecule has 1 fully saturated rings. The van der Waals surface area contributed by atoms with E-state index in [9.17, 15) is 9.90 Å². The fourth-order valence-electron chi connectivity index (χ4n) is 3.47. The van der Waals surface area contributed by atoms with Gasteiger partial charge in [0, 0.05) is 32.0 Å². The number of hydrogen-bond donors (Lipinski definition) is 1. The van der Waals surface area contributed by atoms with E-state index in [0.29, 0.717) is 5.92 Å². The maximum atomic E-state index is 11.4. The first-order valence-corrected chi connectivity index (χ1v) is 7.84. The molecule has 21 heavy (non-hydrogen) atoms. The third kappa shape index (κ3) is 2.91. The lowest BCUT2D eigenvalue weighted by Gasteiger charge is -2.30. The number of ether oxygens (including phenoxy) is 1. The number of carboxylic acid groups (broad SMARTS) is 1. The lowest BCUT2D eigenvalue weighted by molar-refractivity contribution is -0.138. The minimum atomic E-state index is -0.749. The topological polar surface area (TPSA) is 49.8 Å². The summed E-state index contributed by atoms with van der Waals surface area (Å²) in [6.45, 7) is 5.54. The molecule has 0 spiro atoms. The standard InChI is InChI=1S/C17H23NO3/c1-12(17(19)20)15-4-2-3-14-5-8-18(16(14)15)11-13-6-9-21-10-7-13/h2-4,12-13H,5-11H2,1H3,(H,19,20). The molecule has 1 saturated heterocycles. The Morgan fingerprint density at radius 2 is 2.19 bits per heavy atom. The molecule has 0 saturated carbocycles. The molecule has 0 bridgehead atoms. The second-order valence-corrected chi connectivity index (χ2v) is 6.17. The number of rotatable bonds is 4. The molecule has 1 unspecified atom stereocenters. The number of benzene rings is 1. The van der Waals surface area contributed by atoms with Crippen LogP contribution in [0.4, 0.5) is 5.69 Å². The normalized spacial score (nSPS) is 20.3. The zero-order valence-corrected chi connectivity index (χ0v) is 12.5. The summed E-state index contributed by atoms with van der Waals surface area (Å²) in [6.07, 6.45) is 3.25. The van der Waals surface area contributed by atoms with Crippen molar-refractivity contribution in [2.75, 3.05) is 31.2 Å². The summed E-state index contributed by atoms with van der Waals surface area (Å²) >= 11 is 0. The van der Waals surface area contributed by atoms with Crippen LogP contribution >= 0.6 is 0 Å². The Morgan fingerprint density at radius 3 is 2.90 bits per heavy atom. The molecule has 114 valence electrons. The highest BCUT2D eigenvalue weighted by atomic mass is 16.5. The van der Waals surface area contributed by atoms with Crippen LogP contribution in [0, 0.1) is 5.92 Å². The van der Waals surface area contributed by atoms with Gasteiger partial charge in [0.2, 0.25) is 0 Å². The van der Waals surface area contributed by atoms with E-state index in [4.69, 9.17) is 4.74 Å². The van der Waals surface area contributed by atoms with Gasteiger partial charge in [-0.3, -0.25) is 4.79 Å². The van der Waals surface area contributed by atoms with E-state index < -0.39 is 11.9 Å². The van der Waals surface area contributed by atoms with Gasteiger partial charge in [0.1, 0.15) is 0 Å². The first-order chi connectivity index (χ1) is 10.2. The van der Waals surface area contributed by atoms with Crippen LogP contribution in [0.2, 0.25) is 0 Å². The van der Waals surface area contributed by atoms with E-state index in [1.807, 2.05) is 12.1 Å². The second-order valence-electron chi connectivity index (χ2n) is 6.17. The van der Waals surface area contributed by atoms with Crippen molar-refractivity contribution in [3.05, 3.63) is 29.3 Å². The molecule has 0 aromatic heterocycles. The van der Waals surface area contributed by atoms with Crippen molar-refractivity contribution in [2.45, 2.75) is 32.1 Å². The van der Waals surface area contributed by atoms with Crippen LogP contribution in [0.25, 0.3) is 0 Å². The Balaban J connectivity index is 1.84. The molecule has 1 aromatic rings. The average molecular weight is 289 g/mol. The lowest BCUT2D eigenvalue weighted by Crippen LogP contribution is -2.32. The van der Waals surface area contributed by atoms with E-state index in [0.717, 1.165) is 51.1 Å². The smallest absolute Gasteiger partial charge is 0.310 e. The SMILES string of the molecule is CC(C(=O)O)c1cccc2c1N(CC1CCOCC1)CC2. The molecule has 4 heteroatoms. The fourth-order valence-corrected chi connectivity index (χ4v) is 3.47. The number of carboxylic acids is 1. The van der Waals surface area contributed by atoms with Crippen molar-refractivity contribution in [3.63, 3.8) is 0 Å². The summed E-state index contributed by atoms with van der Waals surface area (Å²) < 4.78 is 5.43. The average Bonchev–Trinajstić information content (AvgIpc) is 2.91. The molecule has 2 heterocycles. The van der Waals surface area contributed by atoms with Gasteiger partial charge >= 0.3 is 5.97 Å². The van der Waals surface area contributed by atoms with Crippen molar-refractivity contribution < 1.29 is 14.6 Å². The van der Waals surface area contributed by atoms with Gasteiger partial charge in [0.25, 0.3) is 0 Å². The van der Waals surface area contributed by atoms with Crippen LogP contribution in [-0.2, 0) is 16.0 Å². The van der Waals surface area contributed by atoms with Crippen LogP contribution < -0.4 is 4.90 Å². The van der Waals surface area contributed by atoms with Crippen molar-refractivity contribution in [2.24, 2.45) is 5.92 Å². The third-order valence-corrected chi connectivity index (χ3v) is 4.77. The van der Waals surface area contributed by atoms with E-state index in [2.05, 4.69) is 11.0 Å². The Bertz CT molecular complexity index is 523. The van der Waals surface area contributed by atoms with Gasteiger partial charge in [-0.25, -0.2) is 0 Å². The molecule has 1 N–H and O–H groups in total. The van der Waals surface area contributed by atoms with Crippen LogP contribution in [-0.4, -0.2) is 37.4 Å². The molecule has 0 aliphatic carbocycles. The molecule has 0 radical (unpaired) electrons. The van der Waals surface area contributed by atoms with E-state index in [1.165, 1.54) is 11.3 Å². The van der Waals surface area contributed by atoms with Gasteiger partial charge in [-0.05, 0) is 43.2 Å². The van der Waals surface area contributed by atoms with Crippen molar-refractivity contribution in [3.8, 4) is 0 Å². The summed E-state index contributed by atoms with van der Waals surface area (Å²) in [7, 11) is 0. The molecular formula is C17H23NO3. The quantitative estimate of drug-likeness (QED) is 0.926. The Hall–Kier alpha value is -1.55. The summed E-state index contributed by atoms with van der Waals surface area (Å²) in [5.74, 6) is -0.533. The van der Waals surface area contributed by atoms with Crippen LogP contribution in [0.15, 0.2) is 18.2 Å². The zero-order valence-electron chi connectivity index (χ0n) is 12.5. The molecule has 0 amide bonds. The predicted octanol–water partition coefficient (Wildman–Crippen LogP) is 2.66. The third-order valence-electron chi connectivity index (χ3n) is 4.77. The molecule has 4 nitrogen and oxygen atoms in total. The maximum absolute atomic E-state index is 11.4. The molecular weight excluding hydrogens is 266 g/mol. The second kappa shape index (κ2) is 6.06. The number of fused-ring (bicyclic) bond motifs is 1. The largest absolute Gasteiger partial charge is 0.481 e. The summed E-state index contributed by atoms with van der Waals surface area (Å²) in [5, 5.41) is 9.34. The van der Waals surface area contributed by atoms with E-state index >= 15 is 0 Å². The number of para-hydroxylation sites is 1. The number of aliphatic carboxylic acids is 1. The highest BCUT2D eigenvalue weighted by Crippen LogP contribution is 2.37. The fraction of sp³-hybridized carbons (Fsp3) is 0.588. The molecule has 2 aliphatic rings. The number of carbonyl (C=O) groups is 1. The molecule has 3 rings (SSSR count). The number of nitrogens with zero attached hydrogens (tertiary/aromatic N) is 1. The Morgan fingerprint density at radius 1 is 1.43 bits per heavy atom. The van der Waals surface area contributed by atoms with E-state index in [1.54, 1.807) is 6.92 Å². The summed E-state index contributed by atoms with van der Waals surface area (Å²) in [4.78, 5) is 13.8. The summed E-state index contributed by atoms with van der Waals surface area (Å²) in [6, 6.07) is 6.10. The van der Waals surface area contributed by atoms with Gasteiger partial charge in [0.15, 0.2) is 0 Å². The van der Waals surface area contributed by atoms with E-state index in [-0.39, 0.29) is 0 Å². The van der Waals surface area contributed by atoms with Gasteiger partial charge in [-0.1, -0.05) is 18.2 Å². The van der Waals surface area contributed by atoms with Crippen molar-refractivity contribution >= 4 is 11.7 Å². The first-order valence-electron chi connectivity index (χ1n) is 7.84. The van der Waals surface area contributed by atoms with Crippen molar-refractivity contribution in [1.82, 2.24) is 0 Å². The van der Waals surface area contributed by atoms with Gasteiger partial charge in [0.05, 0.1) is 5.92 Å². The zero-order chi connectivity index (χ0) is 14.8. The number of hydrogen-bond acceptors (Lipinski definition) is 3. The minimum Gasteiger partial charge on any atom is -0.481 e. The summed E-state index contributed by atoms with van der Waals surface area (Å²) in [5.41, 5.74) is 3.44. The highest BCUT2D eigenvalue weighted by molar-refractivity contribution is 5.80. The predicted molar refractivity (Wildman–Crippen MR) is 82.0 cm³/mol. The lowest BCUT2D eigenvalue weighted by atomic mass is 9.95.